The van der Waals surface area contributed by atoms with Gasteiger partial charge in [0.1, 0.15) is 4.88 Å². The predicted octanol–water partition coefficient (Wildman–Crippen LogP) is 2.13. The van der Waals surface area contributed by atoms with Gasteiger partial charge in [0.05, 0.1) is 5.56 Å². The summed E-state index contributed by atoms with van der Waals surface area (Å²) in [6.45, 7) is -0.479. The van der Waals surface area contributed by atoms with Crippen LogP contribution in [0.1, 0.15) is 20.0 Å². The van der Waals surface area contributed by atoms with Gasteiger partial charge in [0.15, 0.2) is 6.61 Å². The quantitative estimate of drug-likeness (QED) is 0.626. The maximum atomic E-state index is 11.8. The van der Waals surface area contributed by atoms with Crippen molar-refractivity contribution in [2.75, 3.05) is 6.61 Å². The normalized spacial score (nSPS) is 9.86. The number of hydrogen-bond donors (Lipinski definition) is 2. The number of thiophene rings is 1. The van der Waals surface area contributed by atoms with Crippen molar-refractivity contribution in [2.45, 2.75) is 0 Å². The second-order valence-electron chi connectivity index (χ2n) is 4.04. The van der Waals surface area contributed by atoms with E-state index >= 15 is 0 Å². The van der Waals surface area contributed by atoms with Crippen LogP contribution in [0, 0.1) is 0 Å². The van der Waals surface area contributed by atoms with Crippen molar-refractivity contribution < 1.29 is 19.1 Å². The molecule has 8 heteroatoms. The minimum atomic E-state index is -0.634. The fourth-order valence-electron chi connectivity index (χ4n) is 1.47. The molecule has 2 amide bonds. The Hall–Kier alpha value is -2.19. The van der Waals surface area contributed by atoms with Gasteiger partial charge in [0.2, 0.25) is 0 Å². The summed E-state index contributed by atoms with van der Waals surface area (Å²) in [6, 6.07) is 10.1. The van der Waals surface area contributed by atoms with E-state index in [1.807, 2.05) is 0 Å². The number of carbonyl (C=O) groups is 3. The minimum Gasteiger partial charge on any atom is -0.451 e. The number of halogens is 1. The Balaban J connectivity index is 1.77. The number of hydrazine groups is 1. The van der Waals surface area contributed by atoms with Crippen LogP contribution in [0.4, 0.5) is 0 Å². The molecular weight excluding hydrogens is 372 g/mol. The zero-order valence-corrected chi connectivity index (χ0v) is 13.6. The van der Waals surface area contributed by atoms with Gasteiger partial charge in [-0.1, -0.05) is 18.2 Å². The molecule has 22 heavy (non-hydrogen) atoms. The molecule has 2 N–H and O–H groups in total. The van der Waals surface area contributed by atoms with Crippen molar-refractivity contribution in [1.82, 2.24) is 10.9 Å². The topological polar surface area (TPSA) is 84.5 Å². The van der Waals surface area contributed by atoms with E-state index in [-0.39, 0.29) is 0 Å². The number of carbonyl (C=O) groups excluding carboxylic acids is 3. The van der Waals surface area contributed by atoms with Gasteiger partial charge in [-0.3, -0.25) is 20.4 Å². The monoisotopic (exact) mass is 382 g/mol. The summed E-state index contributed by atoms with van der Waals surface area (Å²) in [4.78, 5) is 35.3. The first-order valence-corrected chi connectivity index (χ1v) is 7.79. The first-order chi connectivity index (χ1) is 10.6. The molecule has 1 heterocycles. The van der Waals surface area contributed by atoms with E-state index in [2.05, 4.69) is 26.8 Å². The second kappa shape index (κ2) is 7.71. The number of benzene rings is 1. The van der Waals surface area contributed by atoms with Crippen LogP contribution in [0.25, 0.3) is 0 Å². The molecule has 0 aliphatic rings. The van der Waals surface area contributed by atoms with Gasteiger partial charge in [-0.15, -0.1) is 11.3 Å². The number of ether oxygens (including phenoxy) is 1. The lowest BCUT2D eigenvalue weighted by Gasteiger charge is -2.08. The van der Waals surface area contributed by atoms with Gasteiger partial charge in [0, 0.05) is 4.47 Å². The van der Waals surface area contributed by atoms with Crippen LogP contribution >= 0.6 is 27.3 Å². The molecule has 0 unspecified atom stereocenters. The molecular formula is C14H11BrN2O4S. The van der Waals surface area contributed by atoms with Crippen LogP contribution in [-0.4, -0.2) is 24.4 Å². The van der Waals surface area contributed by atoms with Gasteiger partial charge in [-0.2, -0.15) is 0 Å². The third kappa shape index (κ3) is 4.40. The maximum Gasteiger partial charge on any atom is 0.348 e. The molecule has 0 radical (unpaired) electrons. The Kier molecular flexibility index (Phi) is 5.68. The molecule has 0 fully saturated rings. The van der Waals surface area contributed by atoms with Gasteiger partial charge in [0.25, 0.3) is 11.8 Å². The summed E-state index contributed by atoms with van der Waals surface area (Å²) >= 11 is 4.45. The van der Waals surface area contributed by atoms with Gasteiger partial charge in [-0.05, 0) is 39.5 Å². The highest BCUT2D eigenvalue weighted by Crippen LogP contribution is 2.15. The van der Waals surface area contributed by atoms with Crippen LogP contribution < -0.4 is 10.9 Å². The molecule has 114 valence electrons. The molecule has 6 nitrogen and oxygen atoms in total. The molecule has 1 aromatic heterocycles. The van der Waals surface area contributed by atoms with Crippen LogP contribution in [0.3, 0.4) is 0 Å². The summed E-state index contributed by atoms with van der Waals surface area (Å²) < 4.78 is 5.41. The predicted molar refractivity (Wildman–Crippen MR) is 84.4 cm³/mol. The lowest BCUT2D eigenvalue weighted by Crippen LogP contribution is -2.43. The highest BCUT2D eigenvalue weighted by Gasteiger charge is 2.13. The summed E-state index contributed by atoms with van der Waals surface area (Å²) in [6.07, 6.45) is 0. The zero-order chi connectivity index (χ0) is 15.9. The number of hydrogen-bond acceptors (Lipinski definition) is 5. The van der Waals surface area contributed by atoms with E-state index < -0.39 is 24.4 Å². The smallest absolute Gasteiger partial charge is 0.348 e. The van der Waals surface area contributed by atoms with Crippen molar-refractivity contribution in [3.63, 3.8) is 0 Å². The van der Waals surface area contributed by atoms with Crippen molar-refractivity contribution in [3.05, 3.63) is 56.7 Å². The largest absolute Gasteiger partial charge is 0.451 e. The van der Waals surface area contributed by atoms with Gasteiger partial charge < -0.3 is 4.74 Å². The summed E-state index contributed by atoms with van der Waals surface area (Å²) in [5, 5.41) is 1.73. The van der Waals surface area contributed by atoms with Crippen LogP contribution in [0.15, 0.2) is 46.3 Å². The van der Waals surface area contributed by atoms with Crippen molar-refractivity contribution >= 4 is 45.1 Å². The molecule has 0 bridgehead atoms. The molecule has 1 aromatic carbocycles. The van der Waals surface area contributed by atoms with E-state index in [0.717, 1.165) is 0 Å². The van der Waals surface area contributed by atoms with Crippen molar-refractivity contribution in [1.29, 1.82) is 0 Å². The summed E-state index contributed by atoms with van der Waals surface area (Å²) in [5.74, 6) is -1.70. The third-order valence-electron chi connectivity index (χ3n) is 2.49. The Labute approximate surface area is 138 Å². The van der Waals surface area contributed by atoms with E-state index in [9.17, 15) is 14.4 Å². The SMILES string of the molecule is O=C(COC(=O)c1cccs1)NNC(=O)c1ccccc1Br. The molecule has 0 saturated heterocycles. The Morgan fingerprint density at radius 3 is 2.55 bits per heavy atom. The highest BCUT2D eigenvalue weighted by atomic mass is 79.9. The fraction of sp³-hybridized carbons (Fsp3) is 0.0714. The van der Waals surface area contributed by atoms with Gasteiger partial charge in [-0.25, -0.2) is 4.79 Å². The molecule has 2 rings (SSSR count). The van der Waals surface area contributed by atoms with E-state index in [0.29, 0.717) is 14.9 Å². The number of amides is 2. The fourth-order valence-corrected chi connectivity index (χ4v) is 2.55. The number of rotatable bonds is 4. The van der Waals surface area contributed by atoms with E-state index in [1.165, 1.54) is 11.3 Å². The lowest BCUT2D eigenvalue weighted by atomic mass is 10.2. The van der Waals surface area contributed by atoms with Gasteiger partial charge >= 0.3 is 5.97 Å². The Bertz CT molecular complexity index is 688. The average Bonchev–Trinajstić information content (AvgIpc) is 3.05. The minimum absolute atomic E-state index is 0.374. The molecule has 0 saturated carbocycles. The molecule has 0 spiro atoms. The molecule has 0 aliphatic carbocycles. The Morgan fingerprint density at radius 1 is 1.09 bits per heavy atom. The van der Waals surface area contributed by atoms with Crippen LogP contribution in [0.5, 0.6) is 0 Å². The molecule has 0 atom stereocenters. The van der Waals surface area contributed by atoms with Crippen molar-refractivity contribution in [3.8, 4) is 0 Å². The van der Waals surface area contributed by atoms with Crippen LogP contribution in [-0.2, 0) is 9.53 Å². The first kappa shape index (κ1) is 16.2. The average molecular weight is 383 g/mol. The first-order valence-electron chi connectivity index (χ1n) is 6.12. The standard InChI is InChI=1S/C14H11BrN2O4S/c15-10-5-2-1-4-9(10)13(19)17-16-12(18)8-21-14(20)11-6-3-7-22-11/h1-7H,8H2,(H,16,18)(H,17,19). The second-order valence-corrected chi connectivity index (χ2v) is 5.84. The zero-order valence-electron chi connectivity index (χ0n) is 11.2. The number of nitrogens with one attached hydrogen (secondary N) is 2. The maximum absolute atomic E-state index is 11.8. The van der Waals surface area contributed by atoms with E-state index in [1.54, 1.807) is 41.8 Å². The van der Waals surface area contributed by atoms with E-state index in [4.69, 9.17) is 4.74 Å². The van der Waals surface area contributed by atoms with Crippen LogP contribution in [0.2, 0.25) is 0 Å². The summed E-state index contributed by atoms with van der Waals surface area (Å²) in [7, 11) is 0. The summed E-state index contributed by atoms with van der Waals surface area (Å²) in [5.41, 5.74) is 4.79. The molecule has 0 aliphatic heterocycles. The number of esters is 1. The van der Waals surface area contributed by atoms with Crippen molar-refractivity contribution in [2.24, 2.45) is 0 Å². The Morgan fingerprint density at radius 2 is 1.86 bits per heavy atom. The highest BCUT2D eigenvalue weighted by molar-refractivity contribution is 9.10. The lowest BCUT2D eigenvalue weighted by molar-refractivity contribution is -0.125. The third-order valence-corrected chi connectivity index (χ3v) is 4.03. The molecule has 2 aromatic rings.